The number of hydrogen-bond donors (Lipinski definition) is 3. The van der Waals surface area contributed by atoms with E-state index in [1.165, 1.54) is 205 Å². The molecule has 0 heterocycles. The first-order valence-electron chi connectivity index (χ1n) is 28.6. The van der Waals surface area contributed by atoms with Crippen LogP contribution >= 0.6 is 0 Å². The third-order valence-electron chi connectivity index (χ3n) is 13.2. The van der Waals surface area contributed by atoms with E-state index >= 15 is 0 Å². The second-order valence-electron chi connectivity index (χ2n) is 19.6. The summed E-state index contributed by atoms with van der Waals surface area (Å²) in [6.45, 7) is 4.90. The van der Waals surface area contributed by atoms with Crippen molar-refractivity contribution in [2.75, 3.05) is 13.2 Å². The number of nitrogens with one attached hydrogen (secondary N) is 1. The molecule has 378 valence electrons. The maximum absolute atomic E-state index is 12.5. The van der Waals surface area contributed by atoms with Crippen LogP contribution in [0.2, 0.25) is 0 Å². The van der Waals surface area contributed by atoms with Crippen LogP contribution in [0.15, 0.2) is 24.3 Å². The Kier molecular flexibility index (Phi) is 52.6. The predicted octanol–water partition coefficient (Wildman–Crippen LogP) is 17.5. The summed E-state index contributed by atoms with van der Waals surface area (Å²) in [6.07, 6.45) is 64.5. The number of hydrogen-bond acceptors (Lipinski definition) is 5. The van der Waals surface area contributed by atoms with Crippen LogP contribution in [0.25, 0.3) is 0 Å². The van der Waals surface area contributed by atoms with Crippen molar-refractivity contribution >= 4 is 11.9 Å². The van der Waals surface area contributed by atoms with Gasteiger partial charge in [0.05, 0.1) is 25.4 Å². The van der Waals surface area contributed by atoms with E-state index in [9.17, 15) is 19.8 Å². The molecule has 3 N–H and O–H groups in total. The lowest BCUT2D eigenvalue weighted by atomic mass is 10.0. The van der Waals surface area contributed by atoms with Gasteiger partial charge < -0.3 is 20.3 Å². The third-order valence-corrected chi connectivity index (χ3v) is 13.2. The van der Waals surface area contributed by atoms with Crippen molar-refractivity contribution in [2.45, 2.75) is 321 Å². The number of amides is 1. The highest BCUT2D eigenvalue weighted by molar-refractivity contribution is 5.76. The quantitative estimate of drug-likeness (QED) is 0.0321. The summed E-state index contributed by atoms with van der Waals surface area (Å²) in [7, 11) is 0. The average Bonchev–Trinajstić information content (AvgIpc) is 3.29. The van der Waals surface area contributed by atoms with Gasteiger partial charge in [0, 0.05) is 12.8 Å². The number of carbonyl (C=O) groups is 2. The first-order chi connectivity index (χ1) is 31.5. The standard InChI is InChI=1S/C58H111NO5/c1-3-5-7-9-11-13-15-17-18-19-20-21-22-24-27-30-34-38-42-46-50-56(61)55(54-60)59-57(62)51-47-43-39-35-31-28-25-23-26-29-33-37-41-45-49-53-64-58(63)52-48-44-40-36-32-16-14-12-10-8-6-4-2/h12,14,26,29,55-56,60-61H,3-11,13,15-25,27-28,30-54H2,1-2H3,(H,59,62)/b14-12-,29-26-. The maximum Gasteiger partial charge on any atom is 0.305 e. The minimum Gasteiger partial charge on any atom is -0.466 e. The number of carbonyl (C=O) groups excluding carboxylic acids is 2. The summed E-state index contributed by atoms with van der Waals surface area (Å²) >= 11 is 0. The molecule has 0 aromatic heterocycles. The lowest BCUT2D eigenvalue weighted by Crippen LogP contribution is -2.45. The van der Waals surface area contributed by atoms with E-state index in [1.807, 2.05) is 0 Å². The Bertz CT molecular complexity index is 997. The fourth-order valence-corrected chi connectivity index (χ4v) is 8.81. The van der Waals surface area contributed by atoms with Gasteiger partial charge in [-0.25, -0.2) is 0 Å². The van der Waals surface area contributed by atoms with E-state index in [0.717, 1.165) is 70.6 Å². The monoisotopic (exact) mass is 902 g/mol. The van der Waals surface area contributed by atoms with Crippen molar-refractivity contribution in [3.05, 3.63) is 24.3 Å². The van der Waals surface area contributed by atoms with E-state index in [0.29, 0.717) is 25.9 Å². The highest BCUT2D eigenvalue weighted by Crippen LogP contribution is 2.17. The molecule has 0 aliphatic carbocycles. The van der Waals surface area contributed by atoms with E-state index in [1.54, 1.807) is 0 Å². The Morgan fingerprint density at radius 1 is 0.422 bits per heavy atom. The second-order valence-corrected chi connectivity index (χ2v) is 19.6. The zero-order valence-electron chi connectivity index (χ0n) is 43.0. The van der Waals surface area contributed by atoms with E-state index in [-0.39, 0.29) is 18.5 Å². The van der Waals surface area contributed by atoms with Gasteiger partial charge in [-0.05, 0) is 77.0 Å². The summed E-state index contributed by atoms with van der Waals surface area (Å²) in [6, 6.07) is -0.553. The van der Waals surface area contributed by atoms with Crippen molar-refractivity contribution in [1.29, 1.82) is 0 Å². The Morgan fingerprint density at radius 2 is 0.734 bits per heavy atom. The minimum absolute atomic E-state index is 0.0198. The number of allylic oxidation sites excluding steroid dienone is 4. The smallest absolute Gasteiger partial charge is 0.305 e. The van der Waals surface area contributed by atoms with Gasteiger partial charge in [-0.1, -0.05) is 244 Å². The van der Waals surface area contributed by atoms with Crippen LogP contribution < -0.4 is 5.32 Å². The van der Waals surface area contributed by atoms with Crippen LogP contribution in [0.5, 0.6) is 0 Å². The number of aliphatic hydroxyl groups is 2. The van der Waals surface area contributed by atoms with Gasteiger partial charge in [-0.2, -0.15) is 0 Å². The predicted molar refractivity (Wildman–Crippen MR) is 278 cm³/mol. The average molecular weight is 903 g/mol. The van der Waals surface area contributed by atoms with Gasteiger partial charge in [0.2, 0.25) is 5.91 Å². The highest BCUT2D eigenvalue weighted by atomic mass is 16.5. The van der Waals surface area contributed by atoms with Gasteiger partial charge >= 0.3 is 5.97 Å². The molecule has 6 nitrogen and oxygen atoms in total. The summed E-state index contributed by atoms with van der Waals surface area (Å²) in [5.41, 5.74) is 0. The molecule has 0 aromatic carbocycles. The Hall–Kier alpha value is -1.66. The molecule has 0 bridgehead atoms. The first-order valence-corrected chi connectivity index (χ1v) is 28.6. The number of aliphatic hydroxyl groups excluding tert-OH is 2. The van der Waals surface area contributed by atoms with Gasteiger partial charge in [0.25, 0.3) is 0 Å². The lowest BCUT2D eigenvalue weighted by molar-refractivity contribution is -0.143. The molecule has 6 heteroatoms. The number of ether oxygens (including phenoxy) is 1. The molecular formula is C58H111NO5. The zero-order valence-corrected chi connectivity index (χ0v) is 43.0. The van der Waals surface area contributed by atoms with Gasteiger partial charge in [-0.3, -0.25) is 9.59 Å². The molecule has 0 spiro atoms. The number of esters is 1. The SMILES string of the molecule is CCCCC/C=C\CCCCCCCC(=O)OCCCCCC/C=C\CCCCCCCCCC(=O)NC(CO)C(O)CCCCCCCCCCCCCCCCCCCCCC. The Morgan fingerprint density at radius 3 is 1.14 bits per heavy atom. The molecule has 2 unspecified atom stereocenters. The molecule has 0 aliphatic rings. The fraction of sp³-hybridized carbons (Fsp3) is 0.897. The van der Waals surface area contributed by atoms with Crippen molar-refractivity contribution in [2.24, 2.45) is 0 Å². The molecule has 0 rings (SSSR count). The van der Waals surface area contributed by atoms with Crippen molar-refractivity contribution < 1.29 is 24.5 Å². The number of unbranched alkanes of at least 4 members (excludes halogenated alkanes) is 38. The highest BCUT2D eigenvalue weighted by Gasteiger charge is 2.20. The lowest BCUT2D eigenvalue weighted by Gasteiger charge is -2.22. The molecule has 0 saturated heterocycles. The maximum atomic E-state index is 12.5. The van der Waals surface area contributed by atoms with Crippen LogP contribution in [-0.2, 0) is 14.3 Å². The molecule has 0 aliphatic heterocycles. The Labute approximate surface area is 399 Å². The summed E-state index contributed by atoms with van der Waals surface area (Å²) in [5, 5.41) is 23.3. The molecule has 2 atom stereocenters. The molecule has 1 amide bonds. The second kappa shape index (κ2) is 54.0. The molecule has 64 heavy (non-hydrogen) atoms. The van der Waals surface area contributed by atoms with Crippen LogP contribution in [-0.4, -0.2) is 47.4 Å². The summed E-state index contributed by atoms with van der Waals surface area (Å²) in [4.78, 5) is 24.5. The van der Waals surface area contributed by atoms with Crippen molar-refractivity contribution in [3.63, 3.8) is 0 Å². The van der Waals surface area contributed by atoms with Gasteiger partial charge in [-0.15, -0.1) is 0 Å². The van der Waals surface area contributed by atoms with Gasteiger partial charge in [0.15, 0.2) is 0 Å². The molecule has 0 aromatic rings. The Balaban J connectivity index is 3.48. The molecule has 0 saturated carbocycles. The van der Waals surface area contributed by atoms with Crippen molar-refractivity contribution in [1.82, 2.24) is 5.32 Å². The summed E-state index contributed by atoms with van der Waals surface area (Å²) < 4.78 is 5.44. The number of rotatable bonds is 53. The topological polar surface area (TPSA) is 95.9 Å². The fourth-order valence-electron chi connectivity index (χ4n) is 8.81. The molecule has 0 radical (unpaired) electrons. The van der Waals surface area contributed by atoms with Crippen LogP contribution in [0.4, 0.5) is 0 Å². The third kappa shape index (κ3) is 49.8. The zero-order chi connectivity index (χ0) is 46.5. The van der Waals surface area contributed by atoms with Crippen LogP contribution in [0, 0.1) is 0 Å². The summed E-state index contributed by atoms with van der Waals surface area (Å²) in [5.74, 6) is -0.0679. The largest absolute Gasteiger partial charge is 0.466 e. The molecule has 0 fully saturated rings. The normalized spacial score (nSPS) is 12.8. The van der Waals surface area contributed by atoms with Crippen LogP contribution in [0.1, 0.15) is 309 Å². The van der Waals surface area contributed by atoms with Crippen molar-refractivity contribution in [3.8, 4) is 0 Å². The molecular weight excluding hydrogens is 791 g/mol. The minimum atomic E-state index is -0.675. The van der Waals surface area contributed by atoms with Crippen LogP contribution in [0.3, 0.4) is 0 Å². The first kappa shape index (κ1) is 62.3. The van der Waals surface area contributed by atoms with Gasteiger partial charge in [0.1, 0.15) is 0 Å². The van der Waals surface area contributed by atoms with E-state index in [2.05, 4.69) is 43.5 Å². The van der Waals surface area contributed by atoms with E-state index in [4.69, 9.17) is 4.74 Å². The van der Waals surface area contributed by atoms with E-state index < -0.39 is 12.1 Å².